The van der Waals surface area contributed by atoms with Gasteiger partial charge in [0.05, 0.1) is 6.26 Å². The zero-order valence-electron chi connectivity index (χ0n) is 9.86. The predicted octanol–water partition coefficient (Wildman–Crippen LogP) is 3.96. The summed E-state index contributed by atoms with van der Waals surface area (Å²) in [5, 5.41) is 0. The number of carbonyl (C=O) groups excluding carboxylic acids is 1. The molecule has 0 saturated heterocycles. The van der Waals surface area contributed by atoms with Crippen molar-refractivity contribution in [3.63, 3.8) is 0 Å². The summed E-state index contributed by atoms with van der Waals surface area (Å²) in [7, 11) is 0. The highest BCUT2D eigenvalue weighted by molar-refractivity contribution is 8.21. The second-order valence-electron chi connectivity index (χ2n) is 3.69. The number of carbonyl (C=O) groups is 1. The maximum absolute atomic E-state index is 12.2. The number of furan rings is 1. The number of allylic oxidation sites excluding steroid dienone is 2. The first-order valence-corrected chi connectivity index (χ1v) is 7.81. The monoisotopic (exact) mass is 266 g/mol. The summed E-state index contributed by atoms with van der Waals surface area (Å²) in [6, 6.07) is 3.70. The third-order valence-corrected chi connectivity index (χ3v) is 4.92. The predicted molar refractivity (Wildman–Crippen MR) is 75.0 cm³/mol. The molecule has 1 fully saturated rings. The zero-order valence-corrected chi connectivity index (χ0v) is 11.5. The number of thioether (sulfide) groups is 2. The smallest absolute Gasteiger partial charge is 0.186 e. The van der Waals surface area contributed by atoms with E-state index < -0.39 is 0 Å². The fraction of sp³-hybridized carbons (Fsp3) is 0.308. The highest BCUT2D eigenvalue weighted by Crippen LogP contribution is 2.37. The van der Waals surface area contributed by atoms with Crippen LogP contribution >= 0.6 is 23.5 Å². The quantitative estimate of drug-likeness (QED) is 0.775. The third kappa shape index (κ3) is 2.69. The fourth-order valence-corrected chi connectivity index (χ4v) is 3.44. The number of rotatable bonds is 3. The maximum atomic E-state index is 12.2. The number of Topliss-reactive ketones (excluding diaryl/α,β-unsaturated/α-hetero) is 1. The molecule has 0 amide bonds. The molecule has 1 saturated carbocycles. The fourth-order valence-electron chi connectivity index (χ4n) is 1.89. The van der Waals surface area contributed by atoms with Gasteiger partial charge in [0, 0.05) is 15.4 Å². The minimum absolute atomic E-state index is 0.181. The molecule has 1 aliphatic rings. The van der Waals surface area contributed by atoms with Crippen molar-refractivity contribution >= 4 is 35.4 Å². The lowest BCUT2D eigenvalue weighted by molar-refractivity contribution is -0.111. The van der Waals surface area contributed by atoms with Crippen LogP contribution in [0.1, 0.15) is 18.6 Å². The summed E-state index contributed by atoms with van der Waals surface area (Å²) in [5.41, 5.74) is 1.82. The Morgan fingerprint density at radius 1 is 1.35 bits per heavy atom. The van der Waals surface area contributed by atoms with Gasteiger partial charge >= 0.3 is 0 Å². The normalized spacial score (nSPS) is 18.1. The van der Waals surface area contributed by atoms with Crippen molar-refractivity contribution in [2.45, 2.75) is 12.8 Å². The molecule has 1 aromatic rings. The highest BCUT2D eigenvalue weighted by Gasteiger charge is 2.26. The van der Waals surface area contributed by atoms with Crippen LogP contribution in [0.5, 0.6) is 0 Å². The summed E-state index contributed by atoms with van der Waals surface area (Å²) in [5.74, 6) is 0.935. The van der Waals surface area contributed by atoms with Crippen LogP contribution in [-0.2, 0) is 4.79 Å². The molecule has 0 spiro atoms. The van der Waals surface area contributed by atoms with Crippen LogP contribution in [-0.4, -0.2) is 18.3 Å². The van der Waals surface area contributed by atoms with Crippen LogP contribution in [0.2, 0.25) is 0 Å². The van der Waals surface area contributed by atoms with Gasteiger partial charge in [-0.05, 0) is 43.6 Å². The van der Waals surface area contributed by atoms with Crippen molar-refractivity contribution in [3.8, 4) is 0 Å². The van der Waals surface area contributed by atoms with Crippen LogP contribution in [0.4, 0.5) is 0 Å². The Kier molecular flexibility index (Phi) is 4.18. The first kappa shape index (κ1) is 12.6. The van der Waals surface area contributed by atoms with Crippen molar-refractivity contribution in [1.29, 1.82) is 0 Å². The Morgan fingerprint density at radius 2 is 2.12 bits per heavy atom. The van der Waals surface area contributed by atoms with Gasteiger partial charge in [0.1, 0.15) is 5.76 Å². The summed E-state index contributed by atoms with van der Waals surface area (Å²) in [4.78, 5) is 12.2. The zero-order chi connectivity index (χ0) is 12.3. The van der Waals surface area contributed by atoms with Crippen molar-refractivity contribution in [2.75, 3.05) is 12.5 Å². The molecule has 1 aromatic heterocycles. The van der Waals surface area contributed by atoms with E-state index in [1.807, 2.05) is 30.7 Å². The van der Waals surface area contributed by atoms with Crippen LogP contribution < -0.4 is 0 Å². The molecular formula is C13H14O2S2. The van der Waals surface area contributed by atoms with Gasteiger partial charge in [0.25, 0.3) is 0 Å². The lowest BCUT2D eigenvalue weighted by Gasteiger charge is -2.02. The van der Waals surface area contributed by atoms with E-state index in [9.17, 15) is 4.79 Å². The van der Waals surface area contributed by atoms with E-state index in [0.717, 1.165) is 34.0 Å². The lowest BCUT2D eigenvalue weighted by Crippen LogP contribution is -1.97. The molecule has 2 rings (SSSR count). The number of hydrogen-bond acceptors (Lipinski definition) is 4. The second kappa shape index (κ2) is 5.65. The van der Waals surface area contributed by atoms with E-state index in [0.29, 0.717) is 0 Å². The molecule has 0 aromatic carbocycles. The van der Waals surface area contributed by atoms with Crippen molar-refractivity contribution < 1.29 is 9.21 Å². The molecule has 0 atom stereocenters. The van der Waals surface area contributed by atoms with E-state index in [1.165, 1.54) is 0 Å². The van der Waals surface area contributed by atoms with Crippen LogP contribution in [0, 0.1) is 0 Å². The SMILES string of the molecule is CSC(SC)=C1CC/C(=C\c2ccco2)C1=O. The molecule has 0 N–H and O–H groups in total. The molecule has 0 aliphatic heterocycles. The van der Waals surface area contributed by atoms with Crippen LogP contribution in [0.3, 0.4) is 0 Å². The third-order valence-electron chi connectivity index (χ3n) is 2.69. The summed E-state index contributed by atoms with van der Waals surface area (Å²) < 4.78 is 6.37. The molecular weight excluding hydrogens is 252 g/mol. The molecule has 2 nitrogen and oxygen atoms in total. The molecule has 0 unspecified atom stereocenters. The van der Waals surface area contributed by atoms with Gasteiger partial charge in [-0.2, -0.15) is 0 Å². The Bertz CT molecular complexity index is 464. The first-order chi connectivity index (χ1) is 8.26. The van der Waals surface area contributed by atoms with Gasteiger partial charge in [0.15, 0.2) is 5.78 Å². The van der Waals surface area contributed by atoms with Gasteiger partial charge < -0.3 is 4.42 Å². The minimum atomic E-state index is 0.181. The Balaban J connectivity index is 2.27. The highest BCUT2D eigenvalue weighted by atomic mass is 32.2. The van der Waals surface area contributed by atoms with E-state index in [4.69, 9.17) is 4.42 Å². The molecule has 0 bridgehead atoms. The van der Waals surface area contributed by atoms with Gasteiger partial charge in [-0.15, -0.1) is 23.5 Å². The van der Waals surface area contributed by atoms with Crippen molar-refractivity contribution in [1.82, 2.24) is 0 Å². The first-order valence-electron chi connectivity index (χ1n) is 5.36. The average molecular weight is 266 g/mol. The van der Waals surface area contributed by atoms with Crippen molar-refractivity contribution in [3.05, 3.63) is 39.5 Å². The Hall–Kier alpha value is -0.870. The summed E-state index contributed by atoms with van der Waals surface area (Å²) >= 11 is 3.30. The Morgan fingerprint density at radius 3 is 2.71 bits per heavy atom. The largest absolute Gasteiger partial charge is 0.465 e. The molecule has 90 valence electrons. The number of ketones is 1. The summed E-state index contributed by atoms with van der Waals surface area (Å²) in [6.07, 6.45) is 9.17. The molecule has 1 aliphatic carbocycles. The van der Waals surface area contributed by atoms with Crippen molar-refractivity contribution in [2.24, 2.45) is 0 Å². The molecule has 1 heterocycles. The van der Waals surface area contributed by atoms with Gasteiger partial charge in [0.2, 0.25) is 0 Å². The van der Waals surface area contributed by atoms with Gasteiger partial charge in [-0.25, -0.2) is 0 Å². The topological polar surface area (TPSA) is 30.2 Å². The van der Waals surface area contributed by atoms with E-state index >= 15 is 0 Å². The minimum Gasteiger partial charge on any atom is -0.465 e. The number of hydrogen-bond donors (Lipinski definition) is 0. The molecule has 0 radical (unpaired) electrons. The van der Waals surface area contributed by atoms with E-state index in [2.05, 4.69) is 0 Å². The molecule has 17 heavy (non-hydrogen) atoms. The van der Waals surface area contributed by atoms with E-state index in [-0.39, 0.29) is 5.78 Å². The second-order valence-corrected chi connectivity index (χ2v) is 5.58. The Labute approximate surface area is 110 Å². The van der Waals surface area contributed by atoms with Crippen LogP contribution in [0.15, 0.2) is 38.2 Å². The standard InChI is InChI=1S/C13H14O2S2/c1-16-13(17-2)11-6-5-9(12(11)14)8-10-4-3-7-15-10/h3-4,7-8H,5-6H2,1-2H3/b9-8+. The summed E-state index contributed by atoms with van der Waals surface area (Å²) in [6.45, 7) is 0. The lowest BCUT2D eigenvalue weighted by atomic mass is 10.1. The van der Waals surface area contributed by atoms with Gasteiger partial charge in [-0.3, -0.25) is 4.79 Å². The van der Waals surface area contributed by atoms with Gasteiger partial charge in [-0.1, -0.05) is 0 Å². The van der Waals surface area contributed by atoms with E-state index in [1.54, 1.807) is 29.8 Å². The van der Waals surface area contributed by atoms with Crippen LogP contribution in [0.25, 0.3) is 6.08 Å². The average Bonchev–Trinajstić information content (AvgIpc) is 2.95. The molecule has 4 heteroatoms. The maximum Gasteiger partial charge on any atom is 0.186 e.